The van der Waals surface area contributed by atoms with Gasteiger partial charge in [0.15, 0.2) is 0 Å². The summed E-state index contributed by atoms with van der Waals surface area (Å²) in [6.45, 7) is 12.6. The number of nitrogens with one attached hydrogen (secondary N) is 1. The van der Waals surface area contributed by atoms with Gasteiger partial charge < -0.3 is 10.1 Å². The van der Waals surface area contributed by atoms with Gasteiger partial charge in [0, 0.05) is 26.2 Å². The van der Waals surface area contributed by atoms with E-state index < -0.39 is 0 Å². The maximum absolute atomic E-state index is 5.79. The summed E-state index contributed by atoms with van der Waals surface area (Å²) in [5.41, 5.74) is 0.525. The molecule has 2 rings (SSSR count). The summed E-state index contributed by atoms with van der Waals surface area (Å²) in [4.78, 5) is 2.61. The van der Waals surface area contributed by atoms with Crippen molar-refractivity contribution in [2.24, 2.45) is 5.41 Å². The molecule has 16 heavy (non-hydrogen) atoms. The Hall–Kier alpha value is -0.120. The van der Waals surface area contributed by atoms with Gasteiger partial charge in [0.1, 0.15) is 0 Å². The molecule has 0 spiro atoms. The molecule has 94 valence electrons. The van der Waals surface area contributed by atoms with Gasteiger partial charge in [-0.15, -0.1) is 0 Å². The first-order chi connectivity index (χ1) is 7.63. The van der Waals surface area contributed by atoms with E-state index in [1.807, 2.05) is 0 Å². The molecular weight excluding hydrogens is 200 g/mol. The van der Waals surface area contributed by atoms with Crippen molar-refractivity contribution < 1.29 is 4.74 Å². The normalized spacial score (nSPS) is 41.4. The van der Waals surface area contributed by atoms with Crippen LogP contribution in [-0.2, 0) is 4.74 Å². The molecular formula is C13H26N2O. The van der Waals surface area contributed by atoms with Crippen LogP contribution in [0, 0.1) is 5.41 Å². The molecule has 2 heterocycles. The summed E-state index contributed by atoms with van der Waals surface area (Å²) in [7, 11) is 0. The highest BCUT2D eigenvalue weighted by atomic mass is 16.5. The Labute approximate surface area is 99.5 Å². The lowest BCUT2D eigenvalue weighted by atomic mass is 9.83. The van der Waals surface area contributed by atoms with Crippen LogP contribution in [0.25, 0.3) is 0 Å². The first-order valence-corrected chi connectivity index (χ1v) is 6.72. The van der Waals surface area contributed by atoms with Crippen molar-refractivity contribution in [3.8, 4) is 0 Å². The third-order valence-electron chi connectivity index (χ3n) is 4.14. The average Bonchev–Trinajstić information content (AvgIpc) is 2.65. The average molecular weight is 226 g/mol. The lowest BCUT2D eigenvalue weighted by Gasteiger charge is -2.40. The molecule has 0 bridgehead atoms. The molecule has 0 aromatic heterocycles. The standard InChI is InChI=1S/C13H26N2O/c1-4-13(5-6-14-9-13)10-15-7-11(2)16-12(3)8-15/h11-12,14H,4-10H2,1-3H3/t11-,12+,13?. The van der Waals surface area contributed by atoms with Crippen molar-refractivity contribution in [1.29, 1.82) is 0 Å². The van der Waals surface area contributed by atoms with Crippen LogP contribution < -0.4 is 5.32 Å². The Morgan fingerprint density at radius 3 is 2.50 bits per heavy atom. The van der Waals surface area contributed by atoms with E-state index in [9.17, 15) is 0 Å². The fourth-order valence-corrected chi connectivity index (χ4v) is 3.23. The molecule has 0 saturated carbocycles. The van der Waals surface area contributed by atoms with E-state index in [0.717, 1.165) is 13.1 Å². The second kappa shape index (κ2) is 5.03. The van der Waals surface area contributed by atoms with Gasteiger partial charge in [-0.05, 0) is 38.6 Å². The minimum absolute atomic E-state index is 0.395. The molecule has 2 aliphatic rings. The van der Waals surface area contributed by atoms with E-state index in [2.05, 4.69) is 31.0 Å². The minimum Gasteiger partial charge on any atom is -0.373 e. The molecule has 2 fully saturated rings. The number of ether oxygens (including phenoxy) is 1. The summed E-state index contributed by atoms with van der Waals surface area (Å²) in [6, 6.07) is 0. The highest BCUT2D eigenvalue weighted by Crippen LogP contribution is 2.31. The van der Waals surface area contributed by atoms with Crippen LogP contribution in [-0.4, -0.2) is 49.8 Å². The summed E-state index contributed by atoms with van der Waals surface area (Å²) in [5, 5.41) is 3.52. The second-order valence-corrected chi connectivity index (χ2v) is 5.73. The quantitative estimate of drug-likeness (QED) is 0.789. The van der Waals surface area contributed by atoms with Gasteiger partial charge in [-0.3, -0.25) is 4.90 Å². The Balaban J connectivity index is 1.92. The summed E-state index contributed by atoms with van der Waals surface area (Å²) in [6.07, 6.45) is 3.42. The van der Waals surface area contributed by atoms with Crippen molar-refractivity contribution in [3.63, 3.8) is 0 Å². The van der Waals surface area contributed by atoms with Gasteiger partial charge in [-0.25, -0.2) is 0 Å². The number of morpholine rings is 1. The number of hydrogen-bond acceptors (Lipinski definition) is 3. The van der Waals surface area contributed by atoms with Crippen LogP contribution in [0.3, 0.4) is 0 Å². The third-order valence-corrected chi connectivity index (χ3v) is 4.14. The van der Waals surface area contributed by atoms with Crippen molar-refractivity contribution >= 4 is 0 Å². The van der Waals surface area contributed by atoms with Crippen LogP contribution in [0.1, 0.15) is 33.6 Å². The van der Waals surface area contributed by atoms with E-state index in [-0.39, 0.29) is 0 Å². The molecule has 3 heteroatoms. The smallest absolute Gasteiger partial charge is 0.0678 e. The van der Waals surface area contributed by atoms with Gasteiger partial charge >= 0.3 is 0 Å². The highest BCUT2D eigenvalue weighted by Gasteiger charge is 2.35. The van der Waals surface area contributed by atoms with Crippen LogP contribution in [0.2, 0.25) is 0 Å². The zero-order valence-electron chi connectivity index (χ0n) is 11.0. The van der Waals surface area contributed by atoms with Crippen molar-refractivity contribution in [2.45, 2.75) is 45.8 Å². The maximum Gasteiger partial charge on any atom is 0.0678 e. The molecule has 3 nitrogen and oxygen atoms in total. The van der Waals surface area contributed by atoms with Crippen LogP contribution >= 0.6 is 0 Å². The number of hydrogen-bond donors (Lipinski definition) is 1. The first kappa shape index (κ1) is 12.3. The Morgan fingerprint density at radius 2 is 2.00 bits per heavy atom. The number of rotatable bonds is 3. The van der Waals surface area contributed by atoms with Crippen LogP contribution in [0.4, 0.5) is 0 Å². The predicted molar refractivity (Wildman–Crippen MR) is 66.7 cm³/mol. The van der Waals surface area contributed by atoms with Gasteiger partial charge in [0.2, 0.25) is 0 Å². The molecule has 0 amide bonds. The maximum atomic E-state index is 5.79. The molecule has 0 radical (unpaired) electrons. The zero-order chi connectivity index (χ0) is 11.6. The van der Waals surface area contributed by atoms with E-state index >= 15 is 0 Å². The second-order valence-electron chi connectivity index (χ2n) is 5.73. The zero-order valence-corrected chi connectivity index (χ0v) is 11.0. The van der Waals surface area contributed by atoms with Crippen molar-refractivity contribution in [2.75, 3.05) is 32.7 Å². The molecule has 3 atom stereocenters. The Bertz CT molecular complexity index is 216. The fourth-order valence-electron chi connectivity index (χ4n) is 3.23. The van der Waals surface area contributed by atoms with Gasteiger partial charge in [0.05, 0.1) is 12.2 Å². The van der Waals surface area contributed by atoms with Crippen LogP contribution in [0.5, 0.6) is 0 Å². The van der Waals surface area contributed by atoms with E-state index in [4.69, 9.17) is 4.74 Å². The number of nitrogens with zero attached hydrogens (tertiary/aromatic N) is 1. The molecule has 0 aromatic rings. The lowest BCUT2D eigenvalue weighted by Crippen LogP contribution is -2.50. The van der Waals surface area contributed by atoms with Crippen LogP contribution in [0.15, 0.2) is 0 Å². The predicted octanol–water partition coefficient (Wildman–Crippen LogP) is 1.49. The first-order valence-electron chi connectivity index (χ1n) is 6.72. The Kier molecular flexibility index (Phi) is 3.88. The monoisotopic (exact) mass is 226 g/mol. The summed E-state index contributed by atoms with van der Waals surface area (Å²) < 4.78 is 5.79. The molecule has 1 N–H and O–H groups in total. The largest absolute Gasteiger partial charge is 0.373 e. The third kappa shape index (κ3) is 2.76. The summed E-state index contributed by atoms with van der Waals surface area (Å²) >= 11 is 0. The fraction of sp³-hybridized carbons (Fsp3) is 1.00. The van der Waals surface area contributed by atoms with Crippen molar-refractivity contribution in [1.82, 2.24) is 10.2 Å². The molecule has 2 aliphatic heterocycles. The lowest BCUT2D eigenvalue weighted by molar-refractivity contribution is -0.0769. The SMILES string of the molecule is CCC1(CN2C[C@@H](C)O[C@@H](C)C2)CCNC1. The molecule has 0 aliphatic carbocycles. The van der Waals surface area contributed by atoms with E-state index in [0.29, 0.717) is 17.6 Å². The van der Waals surface area contributed by atoms with E-state index in [1.165, 1.54) is 32.5 Å². The van der Waals surface area contributed by atoms with Gasteiger partial charge in [-0.2, -0.15) is 0 Å². The molecule has 0 aromatic carbocycles. The van der Waals surface area contributed by atoms with Gasteiger partial charge in [-0.1, -0.05) is 6.92 Å². The molecule has 2 saturated heterocycles. The summed E-state index contributed by atoms with van der Waals surface area (Å²) in [5.74, 6) is 0. The van der Waals surface area contributed by atoms with Crippen molar-refractivity contribution in [3.05, 3.63) is 0 Å². The molecule has 1 unspecified atom stereocenters. The topological polar surface area (TPSA) is 24.5 Å². The minimum atomic E-state index is 0.395. The Morgan fingerprint density at radius 1 is 1.31 bits per heavy atom. The highest BCUT2D eigenvalue weighted by molar-refractivity contribution is 4.90. The van der Waals surface area contributed by atoms with E-state index in [1.54, 1.807) is 0 Å². The van der Waals surface area contributed by atoms with Gasteiger partial charge in [0.25, 0.3) is 0 Å².